The summed E-state index contributed by atoms with van der Waals surface area (Å²) in [5.74, 6) is 0.0958. The van der Waals surface area contributed by atoms with Gasteiger partial charge in [-0.15, -0.1) is 0 Å². The number of morpholine rings is 1. The molecule has 0 aliphatic carbocycles. The van der Waals surface area contributed by atoms with Crippen LogP contribution in [0.4, 0.5) is 0 Å². The van der Waals surface area contributed by atoms with Gasteiger partial charge in [0, 0.05) is 25.2 Å². The number of amides is 1. The molecule has 0 saturated carbocycles. The quantitative estimate of drug-likeness (QED) is 0.394. The number of hydrogen-bond acceptors (Lipinski definition) is 6. The number of nitrogens with zero attached hydrogens (tertiary/aromatic N) is 3. The minimum atomic E-state index is -0.158. The van der Waals surface area contributed by atoms with Gasteiger partial charge in [0.05, 0.1) is 35.6 Å². The summed E-state index contributed by atoms with van der Waals surface area (Å²) in [7, 11) is 0. The summed E-state index contributed by atoms with van der Waals surface area (Å²) in [6.45, 7) is 10.1. The van der Waals surface area contributed by atoms with E-state index < -0.39 is 0 Å². The number of aromatic nitrogens is 2. The van der Waals surface area contributed by atoms with Crippen LogP contribution in [0.25, 0.3) is 16.6 Å². The molecule has 0 bridgehead atoms. The van der Waals surface area contributed by atoms with Crippen LogP contribution in [0, 0.1) is 0 Å². The van der Waals surface area contributed by atoms with E-state index in [1.165, 1.54) is 17.3 Å². The summed E-state index contributed by atoms with van der Waals surface area (Å²) < 4.78 is 7.05. The first-order valence-electron chi connectivity index (χ1n) is 11.7. The normalized spacial score (nSPS) is 14.9. The van der Waals surface area contributed by atoms with Crippen molar-refractivity contribution in [2.24, 2.45) is 0 Å². The molecule has 2 aromatic carbocycles. The van der Waals surface area contributed by atoms with Crippen LogP contribution in [-0.2, 0) is 16.0 Å². The van der Waals surface area contributed by atoms with Crippen molar-refractivity contribution in [2.75, 3.05) is 38.6 Å². The summed E-state index contributed by atoms with van der Waals surface area (Å²) >= 11 is 1.28. The molecule has 1 fully saturated rings. The lowest BCUT2D eigenvalue weighted by molar-refractivity contribution is -0.119. The Morgan fingerprint density at radius 2 is 1.82 bits per heavy atom. The predicted molar refractivity (Wildman–Crippen MR) is 137 cm³/mol. The maximum absolute atomic E-state index is 13.4. The van der Waals surface area contributed by atoms with Gasteiger partial charge in [0.15, 0.2) is 5.16 Å². The van der Waals surface area contributed by atoms with Crippen LogP contribution in [-0.4, -0.2) is 64.5 Å². The van der Waals surface area contributed by atoms with E-state index in [1.54, 1.807) is 10.6 Å². The van der Waals surface area contributed by atoms with Crippen molar-refractivity contribution in [1.82, 2.24) is 19.8 Å². The van der Waals surface area contributed by atoms with Gasteiger partial charge in [0.25, 0.3) is 5.56 Å². The molecule has 8 heteroatoms. The maximum atomic E-state index is 13.4. The molecule has 1 N–H and O–H groups in total. The number of para-hydroxylation sites is 1. The van der Waals surface area contributed by atoms with Crippen molar-refractivity contribution >= 4 is 28.6 Å². The van der Waals surface area contributed by atoms with Gasteiger partial charge in [-0.25, -0.2) is 4.98 Å². The van der Waals surface area contributed by atoms with Crippen LogP contribution < -0.4 is 10.9 Å². The Kier molecular flexibility index (Phi) is 7.70. The minimum Gasteiger partial charge on any atom is -0.379 e. The van der Waals surface area contributed by atoms with Gasteiger partial charge in [0.1, 0.15) is 0 Å². The lowest BCUT2D eigenvalue weighted by atomic mass is 10.0. The van der Waals surface area contributed by atoms with Crippen LogP contribution in [0.5, 0.6) is 0 Å². The van der Waals surface area contributed by atoms with Crippen molar-refractivity contribution in [3.05, 3.63) is 64.4 Å². The van der Waals surface area contributed by atoms with Crippen molar-refractivity contribution in [1.29, 1.82) is 0 Å². The fourth-order valence-electron chi connectivity index (χ4n) is 4.09. The molecular weight excluding hydrogens is 448 g/mol. The summed E-state index contributed by atoms with van der Waals surface area (Å²) in [6, 6.07) is 15.2. The van der Waals surface area contributed by atoms with Gasteiger partial charge in [-0.05, 0) is 50.1 Å². The summed E-state index contributed by atoms with van der Waals surface area (Å²) in [5.41, 5.74) is 2.28. The molecule has 1 aliphatic rings. The van der Waals surface area contributed by atoms with Crippen LogP contribution in [0.3, 0.4) is 0 Å². The lowest BCUT2D eigenvalue weighted by Crippen LogP contribution is -2.55. The Bertz CT molecular complexity index is 1200. The smallest absolute Gasteiger partial charge is 0.266 e. The number of ether oxygens (including phenoxy) is 1. The third-order valence-corrected chi connectivity index (χ3v) is 7.20. The van der Waals surface area contributed by atoms with Crippen molar-refractivity contribution < 1.29 is 9.53 Å². The van der Waals surface area contributed by atoms with Crippen molar-refractivity contribution in [2.45, 2.75) is 37.9 Å². The van der Waals surface area contributed by atoms with Gasteiger partial charge in [-0.3, -0.25) is 19.1 Å². The molecule has 1 amide bonds. The number of nitrogens with one attached hydrogen (secondary N) is 1. The van der Waals surface area contributed by atoms with Gasteiger partial charge in [-0.2, -0.15) is 0 Å². The highest BCUT2D eigenvalue weighted by molar-refractivity contribution is 7.99. The molecule has 0 atom stereocenters. The van der Waals surface area contributed by atoms with Crippen LogP contribution >= 0.6 is 11.8 Å². The number of carbonyl (C=O) groups is 1. The minimum absolute atomic E-state index is 0.0818. The van der Waals surface area contributed by atoms with Crippen LogP contribution in [0.1, 0.15) is 26.3 Å². The molecule has 2 heterocycles. The topological polar surface area (TPSA) is 76.5 Å². The van der Waals surface area contributed by atoms with E-state index in [1.807, 2.05) is 42.5 Å². The molecule has 1 aromatic heterocycles. The highest BCUT2D eigenvalue weighted by Gasteiger charge is 2.28. The zero-order valence-electron chi connectivity index (χ0n) is 20.0. The Morgan fingerprint density at radius 1 is 1.12 bits per heavy atom. The summed E-state index contributed by atoms with van der Waals surface area (Å²) in [6.07, 6.45) is 0.924. The molecule has 180 valence electrons. The largest absolute Gasteiger partial charge is 0.379 e. The molecule has 0 spiro atoms. The lowest BCUT2D eigenvalue weighted by Gasteiger charge is -2.40. The van der Waals surface area contributed by atoms with Gasteiger partial charge in [0.2, 0.25) is 5.91 Å². The molecule has 1 aliphatic heterocycles. The van der Waals surface area contributed by atoms with E-state index in [2.05, 4.69) is 31.0 Å². The Hall–Kier alpha value is -2.68. The second kappa shape index (κ2) is 10.7. The maximum Gasteiger partial charge on any atom is 0.266 e. The van der Waals surface area contributed by atoms with Gasteiger partial charge >= 0.3 is 0 Å². The average Bonchev–Trinajstić information content (AvgIpc) is 2.87. The van der Waals surface area contributed by atoms with E-state index in [4.69, 9.17) is 9.72 Å². The average molecular weight is 481 g/mol. The molecule has 34 heavy (non-hydrogen) atoms. The molecule has 0 radical (unpaired) electrons. The first-order valence-corrected chi connectivity index (χ1v) is 12.7. The molecule has 7 nitrogen and oxygen atoms in total. The number of rotatable bonds is 8. The van der Waals surface area contributed by atoms with Crippen LogP contribution in [0.2, 0.25) is 0 Å². The number of carbonyl (C=O) groups excluding carboxylic acids is 1. The molecular formula is C26H32N4O3S. The first-order chi connectivity index (χ1) is 16.4. The standard InChI is InChI=1S/C26H32N4O3S/c1-4-19-9-11-20(12-10-19)30-24(32)21-7-5-6-8-22(21)28-25(30)34-17-23(31)27-18-26(2,3)29-13-15-33-16-14-29/h5-12H,4,13-18H2,1-3H3,(H,27,31). The summed E-state index contributed by atoms with van der Waals surface area (Å²) in [5, 5.41) is 4.13. The van der Waals surface area contributed by atoms with Crippen molar-refractivity contribution in [3.63, 3.8) is 0 Å². The van der Waals surface area contributed by atoms with E-state index in [0.29, 0.717) is 22.6 Å². The molecule has 0 unspecified atom stereocenters. The highest BCUT2D eigenvalue weighted by atomic mass is 32.2. The Morgan fingerprint density at radius 3 is 2.53 bits per heavy atom. The summed E-state index contributed by atoms with van der Waals surface area (Å²) in [4.78, 5) is 33.2. The third kappa shape index (κ3) is 5.51. The highest BCUT2D eigenvalue weighted by Crippen LogP contribution is 2.22. The number of fused-ring (bicyclic) bond motifs is 1. The zero-order chi connectivity index (χ0) is 24.1. The zero-order valence-corrected chi connectivity index (χ0v) is 20.9. The molecule has 1 saturated heterocycles. The van der Waals surface area contributed by atoms with Gasteiger partial charge < -0.3 is 10.1 Å². The molecule has 3 aromatic rings. The number of hydrogen-bond donors (Lipinski definition) is 1. The van der Waals surface area contributed by atoms with Crippen LogP contribution in [0.15, 0.2) is 58.5 Å². The van der Waals surface area contributed by atoms with Crippen molar-refractivity contribution in [3.8, 4) is 5.69 Å². The third-order valence-electron chi connectivity index (χ3n) is 6.27. The van der Waals surface area contributed by atoms with E-state index >= 15 is 0 Å². The molecule has 4 rings (SSSR count). The second-order valence-electron chi connectivity index (χ2n) is 9.05. The van der Waals surface area contributed by atoms with E-state index in [0.717, 1.165) is 38.4 Å². The number of benzene rings is 2. The Balaban J connectivity index is 1.52. The van der Waals surface area contributed by atoms with Gasteiger partial charge in [-0.1, -0.05) is 43.0 Å². The fraction of sp³-hybridized carbons (Fsp3) is 0.423. The first kappa shape index (κ1) is 24.4. The Labute approximate surface area is 204 Å². The predicted octanol–water partition coefficient (Wildman–Crippen LogP) is 3.27. The second-order valence-corrected chi connectivity index (χ2v) is 9.99. The number of aryl methyl sites for hydroxylation is 1. The monoisotopic (exact) mass is 480 g/mol. The van der Waals surface area contributed by atoms with E-state index in [-0.39, 0.29) is 22.8 Å². The van der Waals surface area contributed by atoms with E-state index in [9.17, 15) is 9.59 Å². The fourth-order valence-corrected chi connectivity index (χ4v) is 4.94. The number of thioether (sulfide) groups is 1. The SMILES string of the molecule is CCc1ccc(-n2c(SCC(=O)NCC(C)(C)N3CCOCC3)nc3ccccc3c2=O)cc1.